The largest absolute Gasteiger partial charge is 0.384 e. The summed E-state index contributed by atoms with van der Waals surface area (Å²) in [6.45, 7) is 4.40. The van der Waals surface area contributed by atoms with Gasteiger partial charge in [0.25, 0.3) is 0 Å². The second-order valence-electron chi connectivity index (χ2n) is 3.51. The summed E-state index contributed by atoms with van der Waals surface area (Å²) in [6, 6.07) is 2.09. The Morgan fingerprint density at radius 3 is 2.53 bits per heavy atom. The van der Waals surface area contributed by atoms with E-state index < -0.39 is 10.8 Å². The van der Waals surface area contributed by atoms with Crippen LogP contribution in [0.1, 0.15) is 16.8 Å². The van der Waals surface area contributed by atoms with Crippen LogP contribution in [-0.2, 0) is 17.3 Å². The zero-order valence-corrected chi connectivity index (χ0v) is 10.0. The lowest BCUT2D eigenvalue weighted by Crippen LogP contribution is -2.10. The van der Waals surface area contributed by atoms with Crippen molar-refractivity contribution in [1.82, 2.24) is 4.57 Å². The minimum Gasteiger partial charge on any atom is -0.384 e. The number of nitrogens with zero attached hydrogens (tertiary/aromatic N) is 2. The zero-order valence-electron chi connectivity index (χ0n) is 9.20. The highest BCUT2D eigenvalue weighted by atomic mass is 32.2. The first kappa shape index (κ1) is 11.8. The molecule has 0 bridgehead atoms. The molecule has 0 radical (unpaired) electrons. The van der Waals surface area contributed by atoms with Gasteiger partial charge in [0.05, 0.1) is 5.56 Å². The zero-order chi connectivity index (χ0) is 11.6. The number of nitrogens with two attached hydrogens (primary N) is 1. The van der Waals surface area contributed by atoms with Crippen molar-refractivity contribution in [2.75, 3.05) is 17.7 Å². The molecule has 0 amide bonds. The summed E-state index contributed by atoms with van der Waals surface area (Å²) in [5.41, 5.74) is 8.27. The predicted octanol–water partition coefficient (Wildman–Crippen LogP) is 0.937. The van der Waals surface area contributed by atoms with E-state index in [1.165, 1.54) is 0 Å². The van der Waals surface area contributed by atoms with Gasteiger partial charge >= 0.3 is 0 Å². The van der Waals surface area contributed by atoms with E-state index in [1.807, 2.05) is 18.4 Å². The highest BCUT2D eigenvalue weighted by Crippen LogP contribution is 2.23. The lowest BCUT2D eigenvalue weighted by Gasteiger charge is -2.07. The molecule has 1 aromatic heterocycles. The Kier molecular flexibility index (Phi) is 3.53. The molecule has 1 unspecified atom stereocenters. The lowest BCUT2D eigenvalue weighted by atomic mass is 10.2. The maximum atomic E-state index is 11.0. The number of anilines is 1. The third-order valence-corrected chi connectivity index (χ3v) is 3.34. The molecule has 15 heavy (non-hydrogen) atoms. The molecule has 0 aliphatic carbocycles. The van der Waals surface area contributed by atoms with Gasteiger partial charge < -0.3 is 10.3 Å². The van der Waals surface area contributed by atoms with Crippen LogP contribution in [0.5, 0.6) is 0 Å². The molecular formula is C10H15N3OS. The number of rotatable bonds is 3. The van der Waals surface area contributed by atoms with Gasteiger partial charge in [0, 0.05) is 35.0 Å². The van der Waals surface area contributed by atoms with Crippen LogP contribution in [0.4, 0.5) is 5.82 Å². The van der Waals surface area contributed by atoms with Crippen LogP contribution in [0.2, 0.25) is 0 Å². The SMILES string of the molecule is Cc1c(C#N)c(N)n(CCS(C)=O)c1C. The van der Waals surface area contributed by atoms with Gasteiger partial charge in [-0.3, -0.25) is 4.21 Å². The van der Waals surface area contributed by atoms with Crippen molar-refractivity contribution in [2.24, 2.45) is 0 Å². The number of aromatic nitrogens is 1. The third kappa shape index (κ3) is 2.21. The molecule has 4 nitrogen and oxygen atoms in total. The molecule has 0 aliphatic rings. The van der Waals surface area contributed by atoms with Crippen LogP contribution in [-0.4, -0.2) is 20.8 Å². The molecule has 5 heteroatoms. The molecule has 0 fully saturated rings. The Bertz CT molecular complexity index is 443. The topological polar surface area (TPSA) is 71.8 Å². The van der Waals surface area contributed by atoms with Crippen LogP contribution in [0, 0.1) is 25.2 Å². The number of nitriles is 1. The van der Waals surface area contributed by atoms with E-state index in [2.05, 4.69) is 6.07 Å². The molecular weight excluding hydrogens is 210 g/mol. The van der Waals surface area contributed by atoms with E-state index in [0.717, 1.165) is 11.3 Å². The van der Waals surface area contributed by atoms with Crippen LogP contribution in [0.3, 0.4) is 0 Å². The van der Waals surface area contributed by atoms with Crippen molar-refractivity contribution < 1.29 is 4.21 Å². The van der Waals surface area contributed by atoms with Crippen molar-refractivity contribution in [1.29, 1.82) is 5.26 Å². The van der Waals surface area contributed by atoms with Crippen LogP contribution in [0.15, 0.2) is 0 Å². The maximum absolute atomic E-state index is 11.0. The number of hydrogen-bond acceptors (Lipinski definition) is 3. The van der Waals surface area contributed by atoms with Gasteiger partial charge in [0.2, 0.25) is 0 Å². The number of nitrogen functional groups attached to an aromatic ring is 1. The molecule has 0 aliphatic heterocycles. The van der Waals surface area contributed by atoms with Gasteiger partial charge in [-0.1, -0.05) is 0 Å². The molecule has 0 spiro atoms. The standard InChI is InChI=1S/C10H15N3OS/c1-7-8(2)13(4-5-15(3)14)10(12)9(7)6-11/h4-5,12H2,1-3H3. The minimum absolute atomic E-state index is 0.484. The Hall–Kier alpha value is -1.28. The van der Waals surface area contributed by atoms with E-state index in [9.17, 15) is 4.21 Å². The summed E-state index contributed by atoms with van der Waals surface area (Å²) >= 11 is 0. The maximum Gasteiger partial charge on any atom is 0.122 e. The summed E-state index contributed by atoms with van der Waals surface area (Å²) in [7, 11) is -0.841. The van der Waals surface area contributed by atoms with E-state index in [4.69, 9.17) is 11.0 Å². The molecule has 2 N–H and O–H groups in total. The average molecular weight is 225 g/mol. The highest BCUT2D eigenvalue weighted by molar-refractivity contribution is 7.84. The summed E-state index contributed by atoms with van der Waals surface area (Å²) in [6.07, 6.45) is 1.66. The molecule has 1 rings (SSSR count). The Morgan fingerprint density at radius 2 is 2.13 bits per heavy atom. The fourth-order valence-electron chi connectivity index (χ4n) is 1.54. The van der Waals surface area contributed by atoms with Crippen molar-refractivity contribution in [2.45, 2.75) is 20.4 Å². The fourth-order valence-corrected chi connectivity index (χ4v) is 1.98. The summed E-state index contributed by atoms with van der Waals surface area (Å²) < 4.78 is 12.8. The number of hydrogen-bond donors (Lipinski definition) is 1. The van der Waals surface area contributed by atoms with Crippen molar-refractivity contribution in [3.63, 3.8) is 0 Å². The molecule has 1 atom stereocenters. The third-order valence-electron chi connectivity index (χ3n) is 2.58. The van der Waals surface area contributed by atoms with Crippen molar-refractivity contribution >= 4 is 16.6 Å². The first-order valence-electron chi connectivity index (χ1n) is 4.64. The smallest absolute Gasteiger partial charge is 0.122 e. The summed E-state index contributed by atoms with van der Waals surface area (Å²) in [4.78, 5) is 0. The molecule has 1 heterocycles. The van der Waals surface area contributed by atoms with Gasteiger partial charge in [0.1, 0.15) is 11.9 Å². The molecule has 0 saturated heterocycles. The second kappa shape index (κ2) is 4.49. The molecule has 0 aromatic carbocycles. The van der Waals surface area contributed by atoms with Crippen molar-refractivity contribution in [3.8, 4) is 6.07 Å². The normalized spacial score (nSPS) is 12.4. The van der Waals surface area contributed by atoms with E-state index >= 15 is 0 Å². The Morgan fingerprint density at radius 1 is 1.53 bits per heavy atom. The fraction of sp³-hybridized carbons (Fsp3) is 0.500. The quantitative estimate of drug-likeness (QED) is 0.832. The molecule has 0 saturated carbocycles. The Balaban J connectivity index is 3.09. The van der Waals surface area contributed by atoms with E-state index in [0.29, 0.717) is 23.7 Å². The van der Waals surface area contributed by atoms with Crippen molar-refractivity contribution in [3.05, 3.63) is 16.8 Å². The van der Waals surface area contributed by atoms with E-state index in [-0.39, 0.29) is 0 Å². The monoisotopic (exact) mass is 225 g/mol. The molecule has 82 valence electrons. The molecule has 1 aromatic rings. The first-order chi connectivity index (χ1) is 6.99. The van der Waals surface area contributed by atoms with Gasteiger partial charge in [-0.25, -0.2) is 0 Å². The highest BCUT2D eigenvalue weighted by Gasteiger charge is 2.14. The average Bonchev–Trinajstić information content (AvgIpc) is 2.36. The van der Waals surface area contributed by atoms with Crippen LogP contribution >= 0.6 is 0 Å². The van der Waals surface area contributed by atoms with E-state index in [1.54, 1.807) is 6.26 Å². The lowest BCUT2D eigenvalue weighted by molar-refractivity contribution is 0.676. The first-order valence-corrected chi connectivity index (χ1v) is 6.37. The van der Waals surface area contributed by atoms with Crippen LogP contribution in [0.25, 0.3) is 0 Å². The van der Waals surface area contributed by atoms with Gasteiger partial charge in [-0.05, 0) is 19.4 Å². The predicted molar refractivity (Wildman–Crippen MR) is 62.0 cm³/mol. The Labute approximate surface area is 92.1 Å². The van der Waals surface area contributed by atoms with Gasteiger partial charge in [-0.2, -0.15) is 5.26 Å². The second-order valence-corrected chi connectivity index (χ2v) is 5.07. The summed E-state index contributed by atoms with van der Waals surface area (Å²) in [5, 5.41) is 8.91. The van der Waals surface area contributed by atoms with Gasteiger partial charge in [-0.15, -0.1) is 0 Å². The van der Waals surface area contributed by atoms with Crippen LogP contribution < -0.4 is 5.73 Å². The van der Waals surface area contributed by atoms with Gasteiger partial charge in [0.15, 0.2) is 0 Å². The summed E-state index contributed by atoms with van der Waals surface area (Å²) in [5.74, 6) is 1.04. The minimum atomic E-state index is -0.841.